The third-order valence-electron chi connectivity index (χ3n) is 6.86. The van der Waals surface area contributed by atoms with Crippen LogP contribution in [0.3, 0.4) is 0 Å². The molecule has 0 aliphatic carbocycles. The summed E-state index contributed by atoms with van der Waals surface area (Å²) in [5.41, 5.74) is 3.05. The fraction of sp³-hybridized carbons (Fsp3) is 0.333. The topological polar surface area (TPSA) is 70.7 Å². The van der Waals surface area contributed by atoms with Crippen LogP contribution in [0.5, 0.6) is 5.75 Å². The number of hydrogen-bond donors (Lipinski definition) is 2. The number of amides is 2. The summed E-state index contributed by atoms with van der Waals surface area (Å²) < 4.78 is 5.54. The number of piperidine rings is 1. The molecule has 1 fully saturated rings. The van der Waals surface area contributed by atoms with E-state index in [0.717, 1.165) is 51.1 Å². The van der Waals surface area contributed by atoms with Gasteiger partial charge in [-0.1, -0.05) is 29.8 Å². The van der Waals surface area contributed by atoms with Crippen molar-refractivity contribution in [2.24, 2.45) is 0 Å². The fourth-order valence-electron chi connectivity index (χ4n) is 4.75. The third-order valence-corrected chi connectivity index (χ3v) is 7.12. The molecule has 194 valence electrons. The van der Waals surface area contributed by atoms with Crippen molar-refractivity contribution < 1.29 is 14.3 Å². The number of rotatable bonds is 10. The summed E-state index contributed by atoms with van der Waals surface area (Å²) in [7, 11) is 1.74. The minimum Gasteiger partial charge on any atom is -0.496 e. The van der Waals surface area contributed by atoms with Crippen LogP contribution in [0, 0.1) is 0 Å². The first-order valence-electron chi connectivity index (χ1n) is 12.8. The van der Waals surface area contributed by atoms with Gasteiger partial charge in [-0.2, -0.15) is 0 Å². The fourth-order valence-corrected chi connectivity index (χ4v) is 4.87. The molecule has 1 aliphatic heterocycles. The van der Waals surface area contributed by atoms with E-state index in [2.05, 4.69) is 27.7 Å². The van der Waals surface area contributed by atoms with Crippen molar-refractivity contribution in [1.29, 1.82) is 0 Å². The summed E-state index contributed by atoms with van der Waals surface area (Å²) in [6.07, 6.45) is 4.28. The number of hydrogen-bond acceptors (Lipinski definition) is 4. The maximum absolute atomic E-state index is 12.5. The highest BCUT2D eigenvalue weighted by molar-refractivity contribution is 6.30. The number of carbonyl (C=O) groups excluding carboxylic acids is 2. The summed E-state index contributed by atoms with van der Waals surface area (Å²) in [4.78, 5) is 27.3. The van der Waals surface area contributed by atoms with Crippen LogP contribution in [0.15, 0.2) is 72.8 Å². The average molecular weight is 520 g/mol. The Balaban J connectivity index is 1.13. The van der Waals surface area contributed by atoms with Gasteiger partial charge in [0.15, 0.2) is 0 Å². The Morgan fingerprint density at radius 2 is 1.54 bits per heavy atom. The highest BCUT2D eigenvalue weighted by Gasteiger charge is 2.22. The van der Waals surface area contributed by atoms with Crippen molar-refractivity contribution in [3.8, 4) is 5.75 Å². The van der Waals surface area contributed by atoms with Crippen molar-refractivity contribution in [2.45, 2.75) is 31.6 Å². The molecule has 0 bridgehead atoms. The zero-order valence-corrected chi connectivity index (χ0v) is 22.0. The van der Waals surface area contributed by atoms with Gasteiger partial charge in [-0.05, 0) is 111 Å². The molecule has 3 aromatic rings. The molecule has 0 spiro atoms. The maximum atomic E-state index is 12.5. The number of anilines is 1. The lowest BCUT2D eigenvalue weighted by Crippen LogP contribution is -2.34. The number of nitrogens with zero attached hydrogens (tertiary/aromatic N) is 1. The Morgan fingerprint density at radius 3 is 2.24 bits per heavy atom. The molecule has 1 heterocycles. The smallest absolute Gasteiger partial charge is 0.255 e. The first-order chi connectivity index (χ1) is 18.0. The Kier molecular flexibility index (Phi) is 9.58. The van der Waals surface area contributed by atoms with Gasteiger partial charge in [0.25, 0.3) is 11.8 Å². The molecule has 7 heteroatoms. The average Bonchev–Trinajstić information content (AvgIpc) is 2.94. The van der Waals surface area contributed by atoms with Crippen molar-refractivity contribution in [2.75, 3.05) is 38.6 Å². The predicted molar refractivity (Wildman–Crippen MR) is 149 cm³/mol. The summed E-state index contributed by atoms with van der Waals surface area (Å²) in [6.45, 7) is 3.88. The number of benzene rings is 3. The lowest BCUT2D eigenvalue weighted by atomic mass is 9.89. The van der Waals surface area contributed by atoms with E-state index in [1.807, 2.05) is 12.1 Å². The monoisotopic (exact) mass is 519 g/mol. The zero-order chi connectivity index (χ0) is 26.0. The number of unbranched alkanes of at least 4 members (excludes halogenated alkanes) is 1. The summed E-state index contributed by atoms with van der Waals surface area (Å²) in [5, 5.41) is 6.41. The van der Waals surface area contributed by atoms with Gasteiger partial charge in [0.05, 0.1) is 7.11 Å². The molecule has 2 N–H and O–H groups in total. The second-order valence-corrected chi connectivity index (χ2v) is 9.80. The number of para-hydroxylation sites is 1. The van der Waals surface area contributed by atoms with E-state index in [1.54, 1.807) is 55.6 Å². The largest absolute Gasteiger partial charge is 0.496 e. The molecule has 0 saturated carbocycles. The zero-order valence-electron chi connectivity index (χ0n) is 21.2. The van der Waals surface area contributed by atoms with Crippen molar-refractivity contribution >= 4 is 29.1 Å². The summed E-state index contributed by atoms with van der Waals surface area (Å²) >= 11 is 5.87. The summed E-state index contributed by atoms with van der Waals surface area (Å²) in [6, 6.07) is 21.9. The quantitative estimate of drug-likeness (QED) is 0.323. The van der Waals surface area contributed by atoms with E-state index in [4.69, 9.17) is 16.3 Å². The van der Waals surface area contributed by atoms with E-state index in [-0.39, 0.29) is 11.8 Å². The van der Waals surface area contributed by atoms with E-state index in [9.17, 15) is 9.59 Å². The number of carbonyl (C=O) groups is 2. The van der Waals surface area contributed by atoms with Crippen molar-refractivity contribution in [3.63, 3.8) is 0 Å². The Bertz CT molecular complexity index is 1170. The first kappa shape index (κ1) is 26.7. The molecular formula is C30H34ClN3O3. The molecule has 4 rings (SSSR count). The molecule has 0 unspecified atom stereocenters. The highest BCUT2D eigenvalue weighted by Crippen LogP contribution is 2.34. The minimum absolute atomic E-state index is 0.104. The van der Waals surface area contributed by atoms with Crippen LogP contribution in [0.1, 0.15) is 57.9 Å². The van der Waals surface area contributed by atoms with Crippen LogP contribution in [-0.2, 0) is 0 Å². The molecule has 1 saturated heterocycles. The van der Waals surface area contributed by atoms with Crippen LogP contribution in [0.25, 0.3) is 0 Å². The minimum atomic E-state index is -0.224. The third kappa shape index (κ3) is 7.57. The van der Waals surface area contributed by atoms with Crippen LogP contribution >= 0.6 is 11.6 Å². The highest BCUT2D eigenvalue weighted by atomic mass is 35.5. The van der Waals surface area contributed by atoms with E-state index in [0.29, 0.717) is 34.3 Å². The van der Waals surface area contributed by atoms with Crippen LogP contribution in [-0.4, -0.2) is 50.0 Å². The number of methoxy groups -OCH3 is 1. The summed E-state index contributed by atoms with van der Waals surface area (Å²) in [5.74, 6) is 1.23. The second kappa shape index (κ2) is 13.3. The van der Waals surface area contributed by atoms with Crippen molar-refractivity contribution in [3.05, 3.63) is 94.5 Å². The molecule has 0 atom stereocenters. The number of likely N-dealkylation sites (tertiary alicyclic amines) is 1. The van der Waals surface area contributed by atoms with Crippen LogP contribution in [0.2, 0.25) is 5.02 Å². The molecule has 0 radical (unpaired) electrons. The van der Waals surface area contributed by atoms with Gasteiger partial charge < -0.3 is 20.3 Å². The van der Waals surface area contributed by atoms with E-state index in [1.165, 1.54) is 5.56 Å². The van der Waals surface area contributed by atoms with Gasteiger partial charge in [-0.15, -0.1) is 0 Å². The van der Waals surface area contributed by atoms with Gasteiger partial charge in [-0.3, -0.25) is 9.59 Å². The van der Waals surface area contributed by atoms with Crippen LogP contribution in [0.4, 0.5) is 5.69 Å². The molecule has 6 nitrogen and oxygen atoms in total. The van der Waals surface area contributed by atoms with Crippen molar-refractivity contribution in [1.82, 2.24) is 10.2 Å². The van der Waals surface area contributed by atoms with E-state index >= 15 is 0 Å². The SMILES string of the molecule is COc1ccccc1C1CCN(CCCCNC(=O)c2ccc(NC(=O)c3ccc(Cl)cc3)cc2)CC1. The molecular weight excluding hydrogens is 486 g/mol. The number of ether oxygens (including phenoxy) is 1. The van der Waals surface area contributed by atoms with Gasteiger partial charge in [0.2, 0.25) is 0 Å². The molecule has 37 heavy (non-hydrogen) atoms. The number of halogens is 1. The van der Waals surface area contributed by atoms with Gasteiger partial charge in [0.1, 0.15) is 5.75 Å². The van der Waals surface area contributed by atoms with Gasteiger partial charge in [0, 0.05) is 28.4 Å². The Hall–Kier alpha value is -3.35. The normalized spacial score (nSPS) is 14.2. The number of nitrogens with one attached hydrogen (secondary N) is 2. The van der Waals surface area contributed by atoms with Gasteiger partial charge >= 0.3 is 0 Å². The lowest BCUT2D eigenvalue weighted by molar-refractivity contribution is 0.0951. The van der Waals surface area contributed by atoms with Crippen LogP contribution < -0.4 is 15.4 Å². The molecule has 0 aromatic heterocycles. The maximum Gasteiger partial charge on any atom is 0.255 e. The van der Waals surface area contributed by atoms with Gasteiger partial charge in [-0.25, -0.2) is 0 Å². The lowest BCUT2D eigenvalue weighted by Gasteiger charge is -2.32. The first-order valence-corrected chi connectivity index (χ1v) is 13.2. The Morgan fingerprint density at radius 1 is 0.892 bits per heavy atom. The Labute approximate surface area is 224 Å². The molecule has 2 amide bonds. The predicted octanol–water partition coefficient (Wildman–Crippen LogP) is 5.99. The molecule has 3 aromatic carbocycles. The molecule has 1 aliphatic rings. The van der Waals surface area contributed by atoms with E-state index < -0.39 is 0 Å². The second-order valence-electron chi connectivity index (χ2n) is 9.36. The standard InChI is InChI=1S/C30H34ClN3O3/c1-37-28-7-3-2-6-27(28)22-16-20-34(21-17-22)19-5-4-18-32-29(35)23-10-14-26(15-11-23)33-30(36)24-8-12-25(31)13-9-24/h2-3,6-15,22H,4-5,16-21H2,1H3,(H,32,35)(H,33,36).